The predicted molar refractivity (Wildman–Crippen MR) is 122 cm³/mol. The predicted octanol–water partition coefficient (Wildman–Crippen LogP) is 2.92. The van der Waals surface area contributed by atoms with Crippen LogP contribution in [0.25, 0.3) is 6.08 Å². The van der Waals surface area contributed by atoms with Crippen molar-refractivity contribution < 1.29 is 37.3 Å². The summed E-state index contributed by atoms with van der Waals surface area (Å²) in [6, 6.07) is 10.1. The Hall–Kier alpha value is -3.40. The largest absolute Gasteiger partial charge is 0.496 e. The summed E-state index contributed by atoms with van der Waals surface area (Å²) in [5.41, 5.74) is 0.959. The number of carboxylic acids is 1. The van der Waals surface area contributed by atoms with Crippen LogP contribution < -0.4 is 24.3 Å². The molecule has 0 fully saturated rings. The van der Waals surface area contributed by atoms with Crippen LogP contribution in [-0.2, 0) is 14.6 Å². The number of para-hydroxylation sites is 2. The molecule has 0 bridgehead atoms. The van der Waals surface area contributed by atoms with Crippen LogP contribution in [0.4, 0.5) is 5.69 Å². The maximum Gasteiger partial charge on any atom is 0.309 e. The molecule has 174 valence electrons. The number of carboxylic acid groups (broad SMARTS) is 1. The number of anilines is 1. The topological polar surface area (TPSA) is 120 Å². The number of carbonyl (C=O) groups is 1. The van der Waals surface area contributed by atoms with Crippen molar-refractivity contribution in [2.45, 2.75) is 0 Å². The van der Waals surface area contributed by atoms with Crippen molar-refractivity contribution in [3.05, 3.63) is 47.4 Å². The van der Waals surface area contributed by atoms with Gasteiger partial charge >= 0.3 is 5.97 Å². The minimum Gasteiger partial charge on any atom is -0.496 e. The number of nitrogens with one attached hydrogen (secondary N) is 1. The molecule has 32 heavy (non-hydrogen) atoms. The number of hydrogen-bond donors (Lipinski definition) is 2. The Morgan fingerprint density at radius 2 is 1.59 bits per heavy atom. The van der Waals surface area contributed by atoms with Gasteiger partial charge in [-0.05, 0) is 18.2 Å². The highest BCUT2D eigenvalue weighted by molar-refractivity contribution is 7.94. The Bertz CT molecular complexity index is 1040. The SMILES string of the molecule is COc1cc(OC)c(C=CS(=O)(=O)CC(CNc2ccccc2OC)C(=O)O)c(OC)c1. The zero-order valence-electron chi connectivity index (χ0n) is 18.3. The summed E-state index contributed by atoms with van der Waals surface area (Å²) >= 11 is 0. The third kappa shape index (κ3) is 6.55. The molecule has 2 rings (SSSR count). The normalized spacial score (nSPS) is 12.2. The summed E-state index contributed by atoms with van der Waals surface area (Å²) in [6.45, 7) is -0.0993. The monoisotopic (exact) mass is 465 g/mol. The summed E-state index contributed by atoms with van der Waals surface area (Å²) in [5, 5.41) is 13.4. The first kappa shape index (κ1) is 24.9. The molecule has 0 saturated carbocycles. The van der Waals surface area contributed by atoms with Crippen molar-refractivity contribution >= 4 is 27.6 Å². The lowest BCUT2D eigenvalue weighted by Gasteiger charge is -2.15. The molecule has 0 aliphatic heterocycles. The second-order valence-corrected chi connectivity index (χ2v) is 8.63. The van der Waals surface area contributed by atoms with E-state index in [1.165, 1.54) is 34.5 Å². The van der Waals surface area contributed by atoms with Crippen molar-refractivity contribution in [1.29, 1.82) is 0 Å². The van der Waals surface area contributed by atoms with Crippen molar-refractivity contribution in [2.75, 3.05) is 46.1 Å². The lowest BCUT2D eigenvalue weighted by Crippen LogP contribution is -2.29. The first-order valence-electron chi connectivity index (χ1n) is 9.55. The Morgan fingerprint density at radius 3 is 2.12 bits per heavy atom. The summed E-state index contributed by atoms with van der Waals surface area (Å²) in [5.74, 6) is -1.31. The fourth-order valence-electron chi connectivity index (χ4n) is 2.95. The van der Waals surface area contributed by atoms with E-state index >= 15 is 0 Å². The summed E-state index contributed by atoms with van der Waals surface area (Å²) in [4.78, 5) is 11.7. The molecular weight excluding hydrogens is 438 g/mol. The molecule has 0 spiro atoms. The molecule has 2 N–H and O–H groups in total. The molecule has 2 aromatic rings. The van der Waals surface area contributed by atoms with Crippen molar-refractivity contribution in [3.63, 3.8) is 0 Å². The highest BCUT2D eigenvalue weighted by Gasteiger charge is 2.24. The highest BCUT2D eigenvalue weighted by Crippen LogP contribution is 2.35. The second-order valence-electron chi connectivity index (χ2n) is 6.69. The molecule has 2 aromatic carbocycles. The van der Waals surface area contributed by atoms with Gasteiger partial charge in [-0.2, -0.15) is 0 Å². The molecule has 0 radical (unpaired) electrons. The van der Waals surface area contributed by atoms with Crippen LogP contribution in [0.2, 0.25) is 0 Å². The summed E-state index contributed by atoms with van der Waals surface area (Å²) in [7, 11) is 1.96. The lowest BCUT2D eigenvalue weighted by atomic mass is 10.1. The zero-order chi connectivity index (χ0) is 23.7. The molecule has 0 aliphatic carbocycles. The average molecular weight is 466 g/mol. The van der Waals surface area contributed by atoms with E-state index in [2.05, 4.69) is 5.32 Å². The van der Waals surface area contributed by atoms with Gasteiger partial charge < -0.3 is 29.4 Å². The quantitative estimate of drug-likeness (QED) is 0.487. The van der Waals surface area contributed by atoms with Gasteiger partial charge in [0, 0.05) is 24.1 Å². The van der Waals surface area contributed by atoms with Crippen molar-refractivity contribution in [2.24, 2.45) is 5.92 Å². The standard InChI is InChI=1S/C22H27NO8S/c1-28-16-11-20(30-3)17(21(12-16)31-4)9-10-32(26,27)14-15(22(24)25)13-23-18-7-5-6-8-19(18)29-2/h5-12,15,23H,13-14H2,1-4H3,(H,24,25). The maximum absolute atomic E-state index is 12.7. The van der Waals surface area contributed by atoms with Gasteiger partial charge in [-0.1, -0.05) is 12.1 Å². The van der Waals surface area contributed by atoms with Crippen LogP contribution in [0.3, 0.4) is 0 Å². The maximum atomic E-state index is 12.7. The van der Waals surface area contributed by atoms with Crippen LogP contribution in [0, 0.1) is 5.92 Å². The minimum absolute atomic E-state index is 0.0993. The third-order valence-electron chi connectivity index (χ3n) is 4.62. The molecule has 0 amide bonds. The van der Waals surface area contributed by atoms with Crippen LogP contribution in [-0.4, -0.2) is 60.2 Å². The fourth-order valence-corrected chi connectivity index (χ4v) is 4.22. The molecule has 10 heteroatoms. The van der Waals surface area contributed by atoms with E-state index in [0.717, 1.165) is 5.41 Å². The molecular formula is C22H27NO8S. The molecule has 0 heterocycles. The molecule has 0 aliphatic rings. The van der Waals surface area contributed by atoms with Gasteiger partial charge in [0.05, 0.1) is 51.4 Å². The number of ether oxygens (including phenoxy) is 4. The van der Waals surface area contributed by atoms with E-state index in [0.29, 0.717) is 34.2 Å². The van der Waals surface area contributed by atoms with Gasteiger partial charge in [-0.15, -0.1) is 0 Å². The van der Waals surface area contributed by atoms with E-state index in [1.807, 2.05) is 0 Å². The molecule has 9 nitrogen and oxygen atoms in total. The number of aliphatic carboxylic acids is 1. The van der Waals surface area contributed by atoms with Gasteiger partial charge in [0.15, 0.2) is 9.84 Å². The Labute approximate surface area is 187 Å². The average Bonchev–Trinajstić information content (AvgIpc) is 2.79. The van der Waals surface area contributed by atoms with Gasteiger partial charge in [0.25, 0.3) is 0 Å². The number of rotatable bonds is 12. The Kier molecular flexibility index (Phi) is 8.77. The highest BCUT2D eigenvalue weighted by atomic mass is 32.2. The molecule has 1 unspecified atom stereocenters. The summed E-state index contributed by atoms with van der Waals surface area (Å²) < 4.78 is 46.3. The number of sulfone groups is 1. The summed E-state index contributed by atoms with van der Waals surface area (Å²) in [6.07, 6.45) is 1.32. The second kappa shape index (κ2) is 11.3. The van der Waals surface area contributed by atoms with E-state index in [4.69, 9.17) is 18.9 Å². The van der Waals surface area contributed by atoms with E-state index < -0.39 is 27.5 Å². The Balaban J connectivity index is 2.21. The smallest absolute Gasteiger partial charge is 0.309 e. The van der Waals surface area contributed by atoms with Crippen LogP contribution >= 0.6 is 0 Å². The van der Waals surface area contributed by atoms with Crippen molar-refractivity contribution in [3.8, 4) is 23.0 Å². The zero-order valence-corrected chi connectivity index (χ0v) is 19.1. The molecule has 0 saturated heterocycles. The van der Waals surface area contributed by atoms with Crippen LogP contribution in [0.1, 0.15) is 5.56 Å². The van der Waals surface area contributed by atoms with Gasteiger partial charge in [-0.25, -0.2) is 8.42 Å². The first-order valence-corrected chi connectivity index (χ1v) is 11.3. The van der Waals surface area contributed by atoms with Gasteiger partial charge in [-0.3, -0.25) is 4.79 Å². The lowest BCUT2D eigenvalue weighted by molar-refractivity contribution is -0.140. The van der Waals surface area contributed by atoms with Gasteiger partial charge in [0.2, 0.25) is 0 Å². The van der Waals surface area contributed by atoms with E-state index in [9.17, 15) is 18.3 Å². The Morgan fingerprint density at radius 1 is 1.00 bits per heavy atom. The van der Waals surface area contributed by atoms with Crippen molar-refractivity contribution in [1.82, 2.24) is 0 Å². The minimum atomic E-state index is -3.88. The molecule has 0 aromatic heterocycles. The van der Waals surface area contributed by atoms with Crippen LogP contribution in [0.15, 0.2) is 41.8 Å². The van der Waals surface area contributed by atoms with E-state index in [-0.39, 0.29) is 6.54 Å². The third-order valence-corrected chi connectivity index (χ3v) is 6.04. The molecule has 1 atom stereocenters. The number of hydrogen-bond acceptors (Lipinski definition) is 8. The number of methoxy groups -OCH3 is 4. The first-order chi connectivity index (χ1) is 15.2. The van der Waals surface area contributed by atoms with Crippen LogP contribution in [0.5, 0.6) is 23.0 Å². The number of benzene rings is 2. The van der Waals surface area contributed by atoms with E-state index in [1.54, 1.807) is 36.4 Å². The fraction of sp³-hybridized carbons (Fsp3) is 0.318. The van der Waals surface area contributed by atoms with Gasteiger partial charge in [0.1, 0.15) is 23.0 Å².